The minimum absolute atomic E-state index is 0.0254. The maximum Gasteiger partial charge on any atom is 0.308 e. The summed E-state index contributed by atoms with van der Waals surface area (Å²) >= 11 is 0. The summed E-state index contributed by atoms with van der Waals surface area (Å²) in [5, 5.41) is 22.8. The predicted molar refractivity (Wildman–Crippen MR) is 138 cm³/mol. The second-order valence-corrected chi connectivity index (χ2v) is 10.0. The van der Waals surface area contributed by atoms with Gasteiger partial charge in [-0.2, -0.15) is 5.10 Å². The van der Waals surface area contributed by atoms with Crippen molar-refractivity contribution in [3.8, 4) is 11.1 Å². The fourth-order valence-corrected chi connectivity index (χ4v) is 5.26. The van der Waals surface area contributed by atoms with E-state index in [1.165, 1.54) is 7.11 Å². The maximum atomic E-state index is 11.8. The monoisotopic (exact) mass is 498 g/mol. The first kappa shape index (κ1) is 26.1. The number of hydrogen-bond acceptors (Lipinski definition) is 6. The minimum atomic E-state index is -0.231. The fraction of sp³-hybridized carbons (Fsp3) is 0.615. The highest BCUT2D eigenvalue weighted by Gasteiger charge is 2.37. The van der Waals surface area contributed by atoms with Gasteiger partial charge in [-0.25, -0.2) is 9.67 Å². The summed E-state index contributed by atoms with van der Waals surface area (Å²) in [4.78, 5) is 15.9. The van der Waals surface area contributed by atoms with Crippen molar-refractivity contribution < 1.29 is 19.4 Å². The first-order valence-electron chi connectivity index (χ1n) is 12.7. The van der Waals surface area contributed by atoms with Gasteiger partial charge in [-0.15, -0.1) is 5.10 Å². The van der Waals surface area contributed by atoms with Crippen LogP contribution in [0.5, 0.6) is 0 Å². The summed E-state index contributed by atoms with van der Waals surface area (Å²) in [6.07, 6.45) is 8.55. The van der Waals surface area contributed by atoms with Gasteiger partial charge in [0.05, 0.1) is 38.0 Å². The number of guanidine groups is 1. The number of aromatic nitrogens is 3. The number of rotatable bonds is 8. The van der Waals surface area contributed by atoms with Crippen molar-refractivity contribution >= 4 is 18.6 Å². The molecule has 2 aromatic heterocycles. The molecular formula is C26H38N6O4. The Hall–Kier alpha value is -2.98. The number of esters is 1. The van der Waals surface area contributed by atoms with Crippen LogP contribution < -0.4 is 5.32 Å². The van der Waals surface area contributed by atoms with Gasteiger partial charge in [-0.3, -0.25) is 9.48 Å². The molecule has 1 atom stereocenters. The smallest absolute Gasteiger partial charge is 0.308 e. The van der Waals surface area contributed by atoms with Crippen molar-refractivity contribution in [3.63, 3.8) is 0 Å². The van der Waals surface area contributed by atoms with Gasteiger partial charge < -0.3 is 19.9 Å². The van der Waals surface area contributed by atoms with E-state index in [-0.39, 0.29) is 36.0 Å². The Morgan fingerprint density at radius 3 is 2.67 bits per heavy atom. The van der Waals surface area contributed by atoms with Crippen molar-refractivity contribution in [1.82, 2.24) is 19.8 Å². The second kappa shape index (κ2) is 11.4. The van der Waals surface area contributed by atoms with Crippen LogP contribution in [-0.4, -0.2) is 71.2 Å². The van der Waals surface area contributed by atoms with Crippen molar-refractivity contribution in [3.05, 3.63) is 29.8 Å². The van der Waals surface area contributed by atoms with Gasteiger partial charge in [-0.1, -0.05) is 0 Å². The molecule has 0 aliphatic heterocycles. The Morgan fingerprint density at radius 2 is 2.03 bits per heavy atom. The highest BCUT2D eigenvalue weighted by molar-refractivity contribution is 5.84. The summed E-state index contributed by atoms with van der Waals surface area (Å²) < 4.78 is 14.0. The van der Waals surface area contributed by atoms with Crippen LogP contribution >= 0.6 is 0 Å². The third kappa shape index (κ3) is 5.54. The molecule has 0 unspecified atom stereocenters. The molecule has 2 N–H and O–H groups in total. The first-order valence-corrected chi connectivity index (χ1v) is 12.7. The lowest BCUT2D eigenvalue weighted by Crippen LogP contribution is -2.35. The molecule has 0 bridgehead atoms. The van der Waals surface area contributed by atoms with E-state index in [2.05, 4.69) is 34.4 Å². The Labute approximate surface area is 212 Å². The maximum absolute atomic E-state index is 11.8. The Morgan fingerprint density at radius 1 is 1.31 bits per heavy atom. The lowest BCUT2D eigenvalue weighted by Gasteiger charge is -2.33. The van der Waals surface area contributed by atoms with E-state index in [4.69, 9.17) is 14.6 Å². The predicted octanol–water partition coefficient (Wildman–Crippen LogP) is 3.25. The highest BCUT2D eigenvalue weighted by Crippen LogP contribution is 2.40. The summed E-state index contributed by atoms with van der Waals surface area (Å²) in [5.41, 5.74) is 4.15. The van der Waals surface area contributed by atoms with E-state index in [1.54, 1.807) is 7.11 Å². The van der Waals surface area contributed by atoms with Crippen molar-refractivity contribution in [2.45, 2.75) is 76.5 Å². The number of aliphatic imine (C=N–C) groups is 1. The van der Waals surface area contributed by atoms with Crippen molar-refractivity contribution in [2.24, 2.45) is 16.0 Å². The molecule has 10 heteroatoms. The molecule has 36 heavy (non-hydrogen) atoms. The first-order chi connectivity index (χ1) is 17.3. The molecule has 0 aromatic carbocycles. The molecule has 2 aliphatic rings. The summed E-state index contributed by atoms with van der Waals surface area (Å²) in [6, 6.07) is 2.42. The molecule has 0 saturated heterocycles. The Balaban J connectivity index is 1.64. The molecule has 0 amide bonds. The highest BCUT2D eigenvalue weighted by atomic mass is 16.5. The van der Waals surface area contributed by atoms with Gasteiger partial charge in [-0.05, 0) is 65.2 Å². The van der Waals surface area contributed by atoms with Gasteiger partial charge in [0.1, 0.15) is 0 Å². The topological polar surface area (TPSA) is 115 Å². The lowest BCUT2D eigenvalue weighted by molar-refractivity contribution is -0.149. The van der Waals surface area contributed by atoms with Crippen LogP contribution in [0, 0.1) is 12.8 Å². The fourth-order valence-electron chi connectivity index (χ4n) is 5.26. The number of nitrogens with zero attached hydrogens (tertiary/aromatic N) is 5. The normalized spacial score (nSPS) is 25.2. The van der Waals surface area contributed by atoms with E-state index < -0.39 is 0 Å². The van der Waals surface area contributed by atoms with E-state index in [9.17, 15) is 9.90 Å². The minimum Gasteiger partial charge on any atom is -0.469 e. The Bertz CT molecular complexity index is 1090. The van der Waals surface area contributed by atoms with Crippen LogP contribution in [0.1, 0.15) is 68.8 Å². The molecule has 0 radical (unpaired) electrons. The summed E-state index contributed by atoms with van der Waals surface area (Å²) in [5.74, 6) is 0.526. The molecule has 2 aliphatic carbocycles. The number of carbonyl (C=O) groups excluding carboxylic acids is 1. The molecule has 196 valence electrons. The zero-order valence-electron chi connectivity index (χ0n) is 21.7. The van der Waals surface area contributed by atoms with Crippen LogP contribution in [0.4, 0.5) is 0 Å². The number of methoxy groups -OCH3 is 2. The number of carbonyl (C=O) groups is 1. The average Bonchev–Trinajstić information content (AvgIpc) is 3.43. The van der Waals surface area contributed by atoms with Crippen molar-refractivity contribution in [1.29, 1.82) is 0 Å². The second-order valence-electron chi connectivity index (χ2n) is 10.0. The van der Waals surface area contributed by atoms with E-state index >= 15 is 0 Å². The van der Waals surface area contributed by atoms with Gasteiger partial charge in [0, 0.05) is 47.8 Å². The number of ether oxygens (including phenoxy) is 2. The lowest BCUT2D eigenvalue weighted by atomic mass is 9.80. The average molecular weight is 499 g/mol. The van der Waals surface area contributed by atoms with Gasteiger partial charge in [0.2, 0.25) is 5.96 Å². The van der Waals surface area contributed by atoms with E-state index in [0.717, 1.165) is 61.0 Å². The van der Waals surface area contributed by atoms with E-state index in [0.29, 0.717) is 12.6 Å². The van der Waals surface area contributed by atoms with Gasteiger partial charge >= 0.3 is 5.97 Å². The Kier molecular flexibility index (Phi) is 8.25. The molecule has 2 fully saturated rings. The quantitative estimate of drug-likeness (QED) is 0.328. The third-order valence-corrected chi connectivity index (χ3v) is 7.43. The molecule has 2 saturated carbocycles. The van der Waals surface area contributed by atoms with Crippen molar-refractivity contribution in [2.75, 3.05) is 20.8 Å². The number of aliphatic hydroxyl groups is 1. The van der Waals surface area contributed by atoms with Crippen LogP contribution in [0.15, 0.2) is 28.6 Å². The molecule has 2 aromatic rings. The summed E-state index contributed by atoms with van der Waals surface area (Å²) in [6.45, 7) is 8.28. The molecule has 10 nitrogen and oxygen atoms in total. The largest absolute Gasteiger partial charge is 0.469 e. The SMILES string of the molecule is C=N/C(=N\n1c(C)c(-c2cnn(C3CC(C(=O)OC)C3)c2)cc1[C@H]1CC[C@H](O)CC1)N[C@@H](C)COC. The van der Waals surface area contributed by atoms with E-state index in [1.807, 2.05) is 29.4 Å². The molecular weight excluding hydrogens is 460 g/mol. The van der Waals surface area contributed by atoms with Gasteiger partial charge in [0.25, 0.3) is 0 Å². The number of nitrogens with one attached hydrogen (secondary N) is 1. The third-order valence-electron chi connectivity index (χ3n) is 7.43. The standard InChI is InChI=1S/C26H38N6O4/c1-16(15-35-4)29-26(27-3)30-32-17(2)23(12-24(32)18-6-8-22(33)9-7-18)20-13-28-31(14-20)21-10-19(11-21)25(34)36-5/h12-14,16,18-19,21-22,33H,3,6-11,15H2,1-2,4-5H3,(H,29,30)/t16-,18-,19?,21?,22-/m0/s1. The van der Waals surface area contributed by atoms with Gasteiger partial charge in [0.15, 0.2) is 0 Å². The summed E-state index contributed by atoms with van der Waals surface area (Å²) in [7, 11) is 3.09. The molecule has 4 rings (SSSR count). The van der Waals surface area contributed by atoms with Crippen LogP contribution in [-0.2, 0) is 14.3 Å². The number of aliphatic hydroxyl groups excluding tert-OH is 1. The number of hydrogen-bond donors (Lipinski definition) is 2. The zero-order valence-corrected chi connectivity index (χ0v) is 21.7. The van der Waals surface area contributed by atoms with Crippen LogP contribution in [0.3, 0.4) is 0 Å². The zero-order chi connectivity index (χ0) is 25.8. The van der Waals surface area contributed by atoms with Crippen LogP contribution in [0.2, 0.25) is 0 Å². The molecule has 2 heterocycles. The molecule has 0 spiro atoms. The van der Waals surface area contributed by atoms with Crippen LogP contribution in [0.25, 0.3) is 11.1 Å².